The molecule has 0 aromatic heterocycles. The van der Waals surface area contributed by atoms with E-state index in [4.69, 9.17) is 0 Å². The van der Waals surface area contributed by atoms with E-state index in [0.29, 0.717) is 6.54 Å². The summed E-state index contributed by atoms with van der Waals surface area (Å²) in [4.78, 5) is 26.5. The number of hydrogen-bond donors (Lipinski definition) is 0. The van der Waals surface area contributed by atoms with Crippen molar-refractivity contribution in [3.8, 4) is 0 Å². The summed E-state index contributed by atoms with van der Waals surface area (Å²) in [5.41, 5.74) is 0. The van der Waals surface area contributed by atoms with Crippen molar-refractivity contribution in [1.82, 2.24) is 9.80 Å². The minimum Gasteiger partial charge on any atom is -0.344 e. The van der Waals surface area contributed by atoms with Crippen LogP contribution in [0.2, 0.25) is 0 Å². The van der Waals surface area contributed by atoms with Crippen LogP contribution in [0, 0.1) is 5.92 Å². The Morgan fingerprint density at radius 1 is 1.36 bits per heavy atom. The predicted octanol–water partition coefficient (Wildman–Crippen LogP) is 0.333. The van der Waals surface area contributed by atoms with Crippen LogP contribution < -0.4 is 0 Å². The molecule has 0 radical (unpaired) electrons. The minimum atomic E-state index is -0.0220. The lowest BCUT2D eigenvalue weighted by atomic mass is 10.2. The maximum Gasteiger partial charge on any atom is 0.241 e. The second-order valence-corrected chi connectivity index (χ2v) is 4.08. The van der Waals surface area contributed by atoms with E-state index in [0.717, 1.165) is 13.0 Å². The van der Waals surface area contributed by atoms with E-state index in [1.54, 1.807) is 16.8 Å². The van der Waals surface area contributed by atoms with Gasteiger partial charge >= 0.3 is 0 Å². The third-order valence-corrected chi connectivity index (χ3v) is 2.48. The predicted molar refractivity (Wildman–Crippen MR) is 53.7 cm³/mol. The third-order valence-electron chi connectivity index (χ3n) is 2.48. The van der Waals surface area contributed by atoms with Crippen molar-refractivity contribution >= 4 is 11.8 Å². The Balaban J connectivity index is 2.63. The molecule has 1 saturated heterocycles. The summed E-state index contributed by atoms with van der Waals surface area (Å²) in [7, 11) is 1.78. The lowest BCUT2D eigenvalue weighted by molar-refractivity contribution is -0.140. The van der Waals surface area contributed by atoms with Crippen LogP contribution in [0.5, 0.6) is 0 Å². The van der Waals surface area contributed by atoms with Gasteiger partial charge in [0.05, 0.1) is 6.54 Å². The fourth-order valence-corrected chi connectivity index (χ4v) is 1.54. The van der Waals surface area contributed by atoms with Crippen LogP contribution in [0.15, 0.2) is 0 Å². The number of nitrogens with zero attached hydrogens (tertiary/aromatic N) is 2. The number of rotatable bonds is 1. The highest BCUT2D eigenvalue weighted by Crippen LogP contribution is 2.07. The summed E-state index contributed by atoms with van der Waals surface area (Å²) in [5, 5.41) is 0. The van der Waals surface area contributed by atoms with Crippen LogP contribution in [0.3, 0.4) is 0 Å². The maximum absolute atomic E-state index is 11.7. The molecule has 0 atom stereocenters. The molecule has 4 nitrogen and oxygen atoms in total. The van der Waals surface area contributed by atoms with Gasteiger partial charge in [0.15, 0.2) is 0 Å². The average Bonchev–Trinajstić information content (AvgIpc) is 2.28. The van der Waals surface area contributed by atoms with Gasteiger partial charge in [0.1, 0.15) is 0 Å². The molecule has 1 heterocycles. The van der Waals surface area contributed by atoms with Crippen LogP contribution in [0.25, 0.3) is 0 Å². The zero-order chi connectivity index (χ0) is 10.7. The molecule has 2 amide bonds. The average molecular weight is 198 g/mol. The van der Waals surface area contributed by atoms with Gasteiger partial charge in [0, 0.05) is 26.1 Å². The standard InChI is InChI=1S/C10H18N2O2/c1-8(2)10(14)12-6-4-5-11(3)9(13)7-12/h8H,4-7H2,1-3H3. The minimum absolute atomic E-state index is 0.0220. The molecule has 4 heteroatoms. The smallest absolute Gasteiger partial charge is 0.241 e. The van der Waals surface area contributed by atoms with Crippen molar-refractivity contribution in [3.05, 3.63) is 0 Å². The number of amides is 2. The van der Waals surface area contributed by atoms with E-state index in [-0.39, 0.29) is 24.3 Å². The second-order valence-electron chi connectivity index (χ2n) is 4.08. The van der Waals surface area contributed by atoms with Gasteiger partial charge in [-0.1, -0.05) is 13.8 Å². The van der Waals surface area contributed by atoms with Crippen molar-refractivity contribution in [2.75, 3.05) is 26.7 Å². The number of carbonyl (C=O) groups excluding carboxylic acids is 2. The quantitative estimate of drug-likeness (QED) is 0.609. The largest absolute Gasteiger partial charge is 0.344 e. The summed E-state index contributed by atoms with van der Waals surface area (Å²) in [6.45, 7) is 5.42. The van der Waals surface area contributed by atoms with Crippen molar-refractivity contribution < 1.29 is 9.59 Å². The molecule has 0 aromatic rings. The van der Waals surface area contributed by atoms with Crippen LogP contribution in [0.4, 0.5) is 0 Å². The first-order valence-corrected chi connectivity index (χ1v) is 5.05. The zero-order valence-electron chi connectivity index (χ0n) is 9.12. The molecule has 1 aliphatic heterocycles. The fourth-order valence-electron chi connectivity index (χ4n) is 1.54. The molecule has 0 spiro atoms. The van der Waals surface area contributed by atoms with E-state index in [1.165, 1.54) is 0 Å². The van der Waals surface area contributed by atoms with E-state index in [2.05, 4.69) is 0 Å². The van der Waals surface area contributed by atoms with Gasteiger partial charge in [0.2, 0.25) is 11.8 Å². The molecule has 0 N–H and O–H groups in total. The van der Waals surface area contributed by atoms with Crippen LogP contribution in [0.1, 0.15) is 20.3 Å². The SMILES string of the molecule is CC(C)C(=O)N1CCCN(C)C(=O)C1. The molecule has 0 unspecified atom stereocenters. The highest BCUT2D eigenvalue weighted by Gasteiger charge is 2.23. The third kappa shape index (κ3) is 2.47. The van der Waals surface area contributed by atoms with Crippen molar-refractivity contribution in [1.29, 1.82) is 0 Å². The van der Waals surface area contributed by atoms with Gasteiger partial charge in [-0.3, -0.25) is 9.59 Å². The van der Waals surface area contributed by atoms with Crippen LogP contribution >= 0.6 is 0 Å². The Bertz CT molecular complexity index is 238. The van der Waals surface area contributed by atoms with E-state index in [1.807, 2.05) is 13.8 Å². The van der Waals surface area contributed by atoms with E-state index < -0.39 is 0 Å². The molecular weight excluding hydrogens is 180 g/mol. The molecular formula is C10H18N2O2. The Morgan fingerprint density at radius 3 is 2.57 bits per heavy atom. The normalized spacial score (nSPS) is 18.7. The maximum atomic E-state index is 11.7. The molecule has 0 saturated carbocycles. The summed E-state index contributed by atoms with van der Waals surface area (Å²) in [5.74, 6) is 0.0938. The Labute approximate surface area is 84.9 Å². The van der Waals surface area contributed by atoms with Gasteiger partial charge in [-0.2, -0.15) is 0 Å². The van der Waals surface area contributed by atoms with Gasteiger partial charge in [-0.25, -0.2) is 0 Å². The Morgan fingerprint density at radius 2 is 2.00 bits per heavy atom. The molecule has 1 fully saturated rings. The van der Waals surface area contributed by atoms with Crippen molar-refractivity contribution in [3.63, 3.8) is 0 Å². The lowest BCUT2D eigenvalue weighted by Gasteiger charge is -2.21. The molecule has 0 aliphatic carbocycles. The molecule has 80 valence electrons. The van der Waals surface area contributed by atoms with Crippen LogP contribution in [-0.4, -0.2) is 48.3 Å². The summed E-state index contributed by atoms with van der Waals surface area (Å²) in [6, 6.07) is 0. The topological polar surface area (TPSA) is 40.6 Å². The molecule has 0 bridgehead atoms. The lowest BCUT2D eigenvalue weighted by Crippen LogP contribution is -2.39. The van der Waals surface area contributed by atoms with Gasteiger partial charge < -0.3 is 9.80 Å². The number of hydrogen-bond acceptors (Lipinski definition) is 2. The van der Waals surface area contributed by atoms with Gasteiger partial charge in [-0.15, -0.1) is 0 Å². The van der Waals surface area contributed by atoms with Crippen LogP contribution in [-0.2, 0) is 9.59 Å². The first kappa shape index (κ1) is 11.0. The Kier molecular flexibility index (Phi) is 3.49. The van der Waals surface area contributed by atoms with Gasteiger partial charge in [0.25, 0.3) is 0 Å². The first-order valence-electron chi connectivity index (χ1n) is 5.05. The molecule has 14 heavy (non-hydrogen) atoms. The van der Waals surface area contributed by atoms with E-state index in [9.17, 15) is 9.59 Å². The van der Waals surface area contributed by atoms with E-state index >= 15 is 0 Å². The fraction of sp³-hybridized carbons (Fsp3) is 0.800. The first-order chi connectivity index (χ1) is 6.52. The molecule has 1 aliphatic rings. The zero-order valence-corrected chi connectivity index (χ0v) is 9.12. The summed E-state index contributed by atoms with van der Waals surface area (Å²) >= 11 is 0. The highest BCUT2D eigenvalue weighted by molar-refractivity contribution is 5.85. The summed E-state index contributed by atoms with van der Waals surface area (Å²) < 4.78 is 0. The van der Waals surface area contributed by atoms with Crippen molar-refractivity contribution in [2.45, 2.75) is 20.3 Å². The number of likely N-dealkylation sites (N-methyl/N-ethyl adjacent to an activating group) is 1. The summed E-state index contributed by atoms with van der Waals surface area (Å²) in [6.07, 6.45) is 0.876. The molecule has 1 rings (SSSR count). The second kappa shape index (κ2) is 4.44. The highest BCUT2D eigenvalue weighted by atomic mass is 16.2. The molecule has 0 aromatic carbocycles. The number of carbonyl (C=O) groups is 2. The monoisotopic (exact) mass is 198 g/mol. The Hall–Kier alpha value is -1.06. The van der Waals surface area contributed by atoms with Gasteiger partial charge in [-0.05, 0) is 6.42 Å². The van der Waals surface area contributed by atoms with Crippen molar-refractivity contribution in [2.24, 2.45) is 5.92 Å².